The van der Waals surface area contributed by atoms with Crippen LogP contribution in [-0.2, 0) is 22.4 Å². The van der Waals surface area contributed by atoms with Gasteiger partial charge >= 0.3 is 0 Å². The van der Waals surface area contributed by atoms with Gasteiger partial charge in [0.1, 0.15) is 0 Å². The molecule has 38 heavy (non-hydrogen) atoms. The van der Waals surface area contributed by atoms with Crippen LogP contribution in [0, 0.1) is 11.8 Å². The van der Waals surface area contributed by atoms with E-state index in [2.05, 4.69) is 63.2 Å². The molecule has 3 N–H and O–H groups in total. The number of benzene rings is 2. The molecule has 2 aliphatic rings. The zero-order chi connectivity index (χ0) is 26.4. The van der Waals surface area contributed by atoms with Crippen LogP contribution < -0.4 is 10.9 Å². The molecule has 0 aliphatic carbocycles. The molecule has 5 rings (SSSR count). The minimum atomic E-state index is -0.530. The highest BCUT2D eigenvalue weighted by Crippen LogP contribution is 2.25. The molecule has 198 valence electrons. The van der Waals surface area contributed by atoms with E-state index in [1.807, 2.05) is 24.3 Å². The quantitative estimate of drug-likeness (QED) is 0.397. The van der Waals surface area contributed by atoms with Gasteiger partial charge in [0.15, 0.2) is 0 Å². The largest absolute Gasteiger partial charge is 0.502 e. The number of nitrogens with one attached hydrogen (secondary N) is 2. The summed E-state index contributed by atoms with van der Waals surface area (Å²) in [6.07, 6.45) is 1.96. The number of aromatic amines is 1. The van der Waals surface area contributed by atoms with Crippen LogP contribution in [0.5, 0.6) is 5.75 Å². The average Bonchev–Trinajstić information content (AvgIpc) is 2.92. The van der Waals surface area contributed by atoms with Crippen molar-refractivity contribution in [2.75, 3.05) is 46.1 Å². The Morgan fingerprint density at radius 1 is 1.03 bits per heavy atom. The third kappa shape index (κ3) is 6.69. The van der Waals surface area contributed by atoms with E-state index in [1.165, 1.54) is 11.9 Å². The lowest BCUT2D eigenvalue weighted by Gasteiger charge is -2.40. The van der Waals surface area contributed by atoms with E-state index >= 15 is 0 Å². The van der Waals surface area contributed by atoms with Crippen molar-refractivity contribution in [1.82, 2.24) is 20.2 Å². The molecule has 2 aliphatic heterocycles. The molecule has 8 nitrogen and oxygen atoms in total. The van der Waals surface area contributed by atoms with E-state index in [9.17, 15) is 9.90 Å². The normalized spacial score (nSPS) is 17.7. The van der Waals surface area contributed by atoms with Gasteiger partial charge in [0.25, 0.3) is 5.56 Å². The third-order valence-corrected chi connectivity index (χ3v) is 7.11. The van der Waals surface area contributed by atoms with Gasteiger partial charge in [-0.2, -0.15) is 0 Å². The number of aromatic hydroxyl groups is 1. The number of nitrogens with zero attached hydrogens (tertiary/aromatic N) is 2. The topological polar surface area (TPSA) is 99.7 Å². The molecular weight excluding hydrogens is 480 g/mol. The Hall–Kier alpha value is -3.48. The Morgan fingerprint density at radius 3 is 2.26 bits per heavy atom. The monoisotopic (exact) mass is 514 g/mol. The number of aromatic nitrogens is 2. The minimum absolute atomic E-state index is 0.102. The van der Waals surface area contributed by atoms with Crippen molar-refractivity contribution in [3.63, 3.8) is 0 Å². The maximum atomic E-state index is 12.0. The molecule has 1 aromatic heterocycles. The standard InChI is InChI=1S/C30H34N4O4/c1-30(19-38-20-30)33-17-26(27-28(35)29(36)32-21-31-27)16-24-8-4-22(5-9-24)2-3-23-6-10-25(11-7-23)18-34-12-14-37-15-13-34/h4-11,21,26,33,35H,12-20H2,1H3,(H,31,32,36). The highest BCUT2D eigenvalue weighted by molar-refractivity contribution is 5.44. The van der Waals surface area contributed by atoms with Crippen molar-refractivity contribution in [3.8, 4) is 17.6 Å². The van der Waals surface area contributed by atoms with Crippen molar-refractivity contribution in [2.24, 2.45) is 0 Å². The fraction of sp³-hybridized carbons (Fsp3) is 0.400. The molecule has 8 heteroatoms. The van der Waals surface area contributed by atoms with Gasteiger partial charge in [-0.15, -0.1) is 0 Å². The first kappa shape index (κ1) is 26.1. The summed E-state index contributed by atoms with van der Waals surface area (Å²) in [4.78, 5) is 21.1. The highest BCUT2D eigenvalue weighted by atomic mass is 16.5. The third-order valence-electron chi connectivity index (χ3n) is 7.11. The van der Waals surface area contributed by atoms with E-state index in [1.54, 1.807) is 0 Å². The predicted molar refractivity (Wildman–Crippen MR) is 145 cm³/mol. The lowest BCUT2D eigenvalue weighted by molar-refractivity contribution is -0.0644. The zero-order valence-electron chi connectivity index (χ0n) is 21.7. The Balaban J connectivity index is 1.23. The van der Waals surface area contributed by atoms with Crippen LogP contribution >= 0.6 is 0 Å². The molecule has 0 radical (unpaired) electrons. The second-order valence-corrected chi connectivity index (χ2v) is 10.3. The van der Waals surface area contributed by atoms with Crippen LogP contribution in [0.25, 0.3) is 0 Å². The van der Waals surface area contributed by atoms with Crippen LogP contribution in [0.3, 0.4) is 0 Å². The van der Waals surface area contributed by atoms with Gasteiger partial charge in [0.2, 0.25) is 5.75 Å². The summed E-state index contributed by atoms with van der Waals surface area (Å²) in [5.41, 5.74) is 4.03. The predicted octanol–water partition coefficient (Wildman–Crippen LogP) is 2.41. The van der Waals surface area contributed by atoms with Gasteiger partial charge in [0, 0.05) is 43.2 Å². The number of hydrogen-bond donors (Lipinski definition) is 3. The van der Waals surface area contributed by atoms with Gasteiger partial charge in [-0.05, 0) is 48.7 Å². The second kappa shape index (κ2) is 11.9. The van der Waals surface area contributed by atoms with E-state index in [4.69, 9.17) is 9.47 Å². The van der Waals surface area contributed by atoms with E-state index < -0.39 is 5.56 Å². The SMILES string of the molecule is CC1(NCC(Cc2ccc(C#Cc3ccc(CN4CCOCC4)cc3)cc2)c2nc[nH]c(=O)c2O)COC1. The zero-order valence-corrected chi connectivity index (χ0v) is 21.7. The van der Waals surface area contributed by atoms with Gasteiger partial charge < -0.3 is 24.9 Å². The summed E-state index contributed by atoms with van der Waals surface area (Å²) in [7, 11) is 0. The lowest BCUT2D eigenvalue weighted by atomic mass is 9.92. The second-order valence-electron chi connectivity index (χ2n) is 10.3. The summed E-state index contributed by atoms with van der Waals surface area (Å²) in [6.45, 7) is 8.44. The van der Waals surface area contributed by atoms with Crippen LogP contribution in [0.15, 0.2) is 59.7 Å². The van der Waals surface area contributed by atoms with Crippen LogP contribution in [-0.4, -0.2) is 71.6 Å². The fourth-order valence-electron chi connectivity index (χ4n) is 4.71. The first-order valence-electron chi connectivity index (χ1n) is 13.1. The highest BCUT2D eigenvalue weighted by Gasteiger charge is 2.34. The summed E-state index contributed by atoms with van der Waals surface area (Å²) in [5.74, 6) is 6.00. The summed E-state index contributed by atoms with van der Waals surface area (Å²) in [5, 5.41) is 13.9. The molecule has 2 saturated heterocycles. The Morgan fingerprint density at radius 2 is 1.66 bits per heavy atom. The van der Waals surface area contributed by atoms with Gasteiger partial charge in [-0.3, -0.25) is 9.69 Å². The van der Waals surface area contributed by atoms with Crippen LogP contribution in [0.2, 0.25) is 0 Å². The van der Waals surface area contributed by atoms with Gasteiger partial charge in [0.05, 0.1) is 44.0 Å². The van der Waals surface area contributed by atoms with Crippen molar-refractivity contribution in [1.29, 1.82) is 0 Å². The molecule has 2 aromatic carbocycles. The fourth-order valence-corrected chi connectivity index (χ4v) is 4.71. The molecule has 0 amide bonds. The molecular formula is C30H34N4O4. The van der Waals surface area contributed by atoms with Crippen molar-refractivity contribution in [3.05, 3.63) is 93.2 Å². The first-order valence-corrected chi connectivity index (χ1v) is 13.1. The first-order chi connectivity index (χ1) is 18.5. The number of rotatable bonds is 8. The maximum absolute atomic E-state index is 12.0. The van der Waals surface area contributed by atoms with Gasteiger partial charge in [-0.1, -0.05) is 36.1 Å². The molecule has 3 aromatic rings. The van der Waals surface area contributed by atoms with E-state index in [-0.39, 0.29) is 17.2 Å². The molecule has 3 heterocycles. The summed E-state index contributed by atoms with van der Waals surface area (Å²) >= 11 is 0. The minimum Gasteiger partial charge on any atom is -0.502 e. The lowest BCUT2D eigenvalue weighted by Crippen LogP contribution is -2.58. The Kier molecular flexibility index (Phi) is 8.20. The smallest absolute Gasteiger partial charge is 0.293 e. The van der Waals surface area contributed by atoms with E-state index in [0.717, 1.165) is 49.5 Å². The molecule has 0 spiro atoms. The Labute approximate surface area is 223 Å². The molecule has 1 atom stereocenters. The average molecular weight is 515 g/mol. The number of H-pyrrole nitrogens is 1. The van der Waals surface area contributed by atoms with Crippen molar-refractivity contribution in [2.45, 2.75) is 31.3 Å². The maximum Gasteiger partial charge on any atom is 0.293 e. The van der Waals surface area contributed by atoms with Gasteiger partial charge in [-0.25, -0.2) is 4.98 Å². The van der Waals surface area contributed by atoms with Crippen molar-refractivity contribution < 1.29 is 14.6 Å². The molecule has 1 unspecified atom stereocenters. The van der Waals surface area contributed by atoms with Crippen molar-refractivity contribution >= 4 is 0 Å². The van der Waals surface area contributed by atoms with Crippen LogP contribution in [0.4, 0.5) is 0 Å². The molecule has 0 saturated carbocycles. The Bertz CT molecular complexity index is 1330. The number of morpholine rings is 1. The van der Waals surface area contributed by atoms with Crippen LogP contribution in [0.1, 0.15) is 40.8 Å². The molecule has 2 fully saturated rings. The summed E-state index contributed by atoms with van der Waals surface area (Å²) < 4.78 is 10.8. The number of hydrogen-bond acceptors (Lipinski definition) is 7. The molecule has 0 bridgehead atoms. The number of ether oxygens (including phenoxy) is 2. The van der Waals surface area contributed by atoms with E-state index in [0.29, 0.717) is 31.9 Å². The summed E-state index contributed by atoms with van der Waals surface area (Å²) in [6, 6.07) is 16.5.